The summed E-state index contributed by atoms with van der Waals surface area (Å²) in [5.74, 6) is -0.184. The van der Waals surface area contributed by atoms with Crippen LogP contribution in [-0.4, -0.2) is 27.0 Å². The molecule has 0 aromatic heterocycles. The van der Waals surface area contributed by atoms with Crippen molar-refractivity contribution >= 4 is 14.3 Å². The number of esters is 1. The van der Waals surface area contributed by atoms with Crippen molar-refractivity contribution in [3.63, 3.8) is 0 Å². The van der Waals surface area contributed by atoms with Gasteiger partial charge in [-0.2, -0.15) is 0 Å². The third-order valence-corrected chi connectivity index (χ3v) is 8.16. The van der Waals surface area contributed by atoms with Crippen LogP contribution in [0.4, 0.5) is 0 Å². The van der Waals surface area contributed by atoms with E-state index in [-0.39, 0.29) is 17.1 Å². The molecular weight excluding hydrogens is 232 g/mol. The first-order valence-corrected chi connectivity index (χ1v) is 9.08. The van der Waals surface area contributed by atoms with E-state index in [1.54, 1.807) is 0 Å². The molecule has 0 N–H and O–H groups in total. The molecule has 1 saturated heterocycles. The first-order valence-electron chi connectivity index (χ1n) is 6.17. The van der Waals surface area contributed by atoms with Gasteiger partial charge in [-0.1, -0.05) is 20.8 Å². The summed E-state index contributed by atoms with van der Waals surface area (Å²) in [7, 11) is -1.71. The van der Waals surface area contributed by atoms with Crippen LogP contribution in [0.3, 0.4) is 0 Å². The summed E-state index contributed by atoms with van der Waals surface area (Å²) >= 11 is 0. The van der Waals surface area contributed by atoms with Crippen LogP contribution in [0.2, 0.25) is 18.1 Å². The molecule has 0 amide bonds. The van der Waals surface area contributed by atoms with E-state index in [4.69, 9.17) is 9.16 Å². The van der Waals surface area contributed by atoms with E-state index in [1.807, 2.05) is 13.0 Å². The summed E-state index contributed by atoms with van der Waals surface area (Å²) < 4.78 is 11.1. The monoisotopic (exact) mass is 256 g/mol. The molecule has 0 spiro atoms. The van der Waals surface area contributed by atoms with Crippen LogP contribution < -0.4 is 0 Å². The normalized spacial score (nSPS) is 24.2. The standard InChI is InChI=1S/C13H24O3Si/c1-10-9-11(12(14)16-10)7-8-15-17(5,6)13(2,3)4/h7,10H,8-9H2,1-6H3/b11-7-/t10-/m0/s1. The Hall–Kier alpha value is -0.613. The summed E-state index contributed by atoms with van der Waals surface area (Å²) in [5.41, 5.74) is 0.760. The zero-order valence-electron chi connectivity index (χ0n) is 11.8. The lowest BCUT2D eigenvalue weighted by Crippen LogP contribution is -2.40. The Morgan fingerprint density at radius 3 is 2.47 bits per heavy atom. The van der Waals surface area contributed by atoms with Crippen molar-refractivity contribution in [3.8, 4) is 0 Å². The van der Waals surface area contributed by atoms with Crippen molar-refractivity contribution in [1.82, 2.24) is 0 Å². The topological polar surface area (TPSA) is 35.5 Å². The molecule has 1 rings (SSSR count). The van der Waals surface area contributed by atoms with E-state index >= 15 is 0 Å². The second kappa shape index (κ2) is 4.94. The number of cyclic esters (lactones) is 1. The largest absolute Gasteiger partial charge is 0.459 e. The molecular formula is C13H24O3Si. The zero-order chi connectivity index (χ0) is 13.3. The quantitative estimate of drug-likeness (QED) is 0.442. The SMILES string of the molecule is C[C@H]1C/C(=C/CO[Si](C)(C)C(C)(C)C)C(=O)O1. The molecule has 0 aromatic rings. The zero-order valence-corrected chi connectivity index (χ0v) is 12.8. The van der Waals surface area contributed by atoms with Gasteiger partial charge in [-0.25, -0.2) is 4.79 Å². The van der Waals surface area contributed by atoms with Gasteiger partial charge in [-0.3, -0.25) is 0 Å². The number of ether oxygens (including phenoxy) is 1. The highest BCUT2D eigenvalue weighted by Crippen LogP contribution is 2.36. The summed E-state index contributed by atoms with van der Waals surface area (Å²) in [4.78, 5) is 11.4. The Bertz CT molecular complexity index is 326. The van der Waals surface area contributed by atoms with Crippen molar-refractivity contribution < 1.29 is 14.0 Å². The van der Waals surface area contributed by atoms with Gasteiger partial charge in [0.15, 0.2) is 8.32 Å². The van der Waals surface area contributed by atoms with Gasteiger partial charge >= 0.3 is 5.97 Å². The molecule has 4 heteroatoms. The molecule has 0 radical (unpaired) electrons. The minimum absolute atomic E-state index is 0.0154. The summed E-state index contributed by atoms with van der Waals surface area (Å²) in [6.45, 7) is 13.5. The van der Waals surface area contributed by atoms with Crippen molar-refractivity contribution in [3.05, 3.63) is 11.6 Å². The molecule has 3 nitrogen and oxygen atoms in total. The van der Waals surface area contributed by atoms with Crippen LogP contribution in [0.1, 0.15) is 34.1 Å². The number of rotatable bonds is 3. The van der Waals surface area contributed by atoms with Gasteiger partial charge in [0, 0.05) is 12.0 Å². The van der Waals surface area contributed by atoms with Gasteiger partial charge in [-0.05, 0) is 31.1 Å². The molecule has 0 unspecified atom stereocenters. The molecule has 0 saturated carbocycles. The van der Waals surface area contributed by atoms with E-state index in [2.05, 4.69) is 33.9 Å². The molecule has 1 aliphatic heterocycles. The maximum Gasteiger partial charge on any atom is 0.334 e. The van der Waals surface area contributed by atoms with Crippen LogP contribution in [0.5, 0.6) is 0 Å². The van der Waals surface area contributed by atoms with Gasteiger partial charge in [0.2, 0.25) is 0 Å². The number of carbonyl (C=O) groups excluding carboxylic acids is 1. The average molecular weight is 256 g/mol. The number of hydrogen-bond donors (Lipinski definition) is 0. The van der Waals surface area contributed by atoms with Crippen LogP contribution >= 0.6 is 0 Å². The second-order valence-electron chi connectivity index (χ2n) is 6.22. The van der Waals surface area contributed by atoms with E-state index in [0.717, 1.165) is 5.57 Å². The van der Waals surface area contributed by atoms with Crippen LogP contribution in [0.25, 0.3) is 0 Å². The van der Waals surface area contributed by atoms with E-state index in [1.165, 1.54) is 0 Å². The average Bonchev–Trinajstić information content (AvgIpc) is 2.43. The minimum Gasteiger partial charge on any atom is -0.459 e. The van der Waals surface area contributed by atoms with E-state index < -0.39 is 8.32 Å². The lowest BCUT2D eigenvalue weighted by Gasteiger charge is -2.35. The molecule has 17 heavy (non-hydrogen) atoms. The van der Waals surface area contributed by atoms with Crippen molar-refractivity contribution in [1.29, 1.82) is 0 Å². The highest BCUT2D eigenvalue weighted by molar-refractivity contribution is 6.74. The van der Waals surface area contributed by atoms with Gasteiger partial charge < -0.3 is 9.16 Å². The predicted octanol–water partition coefficient (Wildman–Crippen LogP) is 3.27. The Balaban J connectivity index is 2.53. The molecule has 1 heterocycles. The highest BCUT2D eigenvalue weighted by Gasteiger charge is 2.37. The fourth-order valence-corrected chi connectivity index (χ4v) is 2.36. The number of carbonyl (C=O) groups is 1. The van der Waals surface area contributed by atoms with Gasteiger partial charge in [0.1, 0.15) is 6.10 Å². The van der Waals surface area contributed by atoms with Gasteiger partial charge in [-0.15, -0.1) is 0 Å². The molecule has 1 atom stereocenters. The highest BCUT2D eigenvalue weighted by atomic mass is 28.4. The Labute approximate surface area is 105 Å². The first kappa shape index (κ1) is 14.4. The third-order valence-electron chi connectivity index (χ3n) is 3.66. The van der Waals surface area contributed by atoms with E-state index in [9.17, 15) is 4.79 Å². The lowest BCUT2D eigenvalue weighted by molar-refractivity contribution is -0.138. The lowest BCUT2D eigenvalue weighted by atomic mass is 10.1. The molecule has 0 aromatic carbocycles. The minimum atomic E-state index is -1.71. The van der Waals surface area contributed by atoms with Crippen molar-refractivity contribution in [2.24, 2.45) is 0 Å². The van der Waals surface area contributed by atoms with E-state index in [0.29, 0.717) is 13.0 Å². The molecule has 1 aliphatic rings. The van der Waals surface area contributed by atoms with Crippen LogP contribution in [-0.2, 0) is 14.0 Å². The molecule has 0 aliphatic carbocycles. The van der Waals surface area contributed by atoms with Crippen molar-refractivity contribution in [2.75, 3.05) is 6.61 Å². The fourth-order valence-electron chi connectivity index (χ4n) is 1.43. The molecule has 0 bridgehead atoms. The van der Waals surface area contributed by atoms with Gasteiger partial charge in [0.25, 0.3) is 0 Å². The van der Waals surface area contributed by atoms with Crippen LogP contribution in [0, 0.1) is 0 Å². The van der Waals surface area contributed by atoms with Gasteiger partial charge in [0.05, 0.1) is 6.61 Å². The first-order chi connectivity index (χ1) is 7.63. The Kier molecular flexibility index (Phi) is 4.20. The Morgan fingerprint density at radius 2 is 2.06 bits per heavy atom. The fraction of sp³-hybridized carbons (Fsp3) is 0.769. The predicted molar refractivity (Wildman–Crippen MR) is 71.4 cm³/mol. The summed E-state index contributed by atoms with van der Waals surface area (Å²) in [6, 6.07) is 0. The van der Waals surface area contributed by atoms with Crippen LogP contribution in [0.15, 0.2) is 11.6 Å². The third kappa shape index (κ3) is 3.68. The Morgan fingerprint density at radius 1 is 1.47 bits per heavy atom. The maximum atomic E-state index is 11.4. The second-order valence-corrected chi connectivity index (χ2v) is 11.0. The maximum absolute atomic E-state index is 11.4. The van der Waals surface area contributed by atoms with Crippen molar-refractivity contribution in [2.45, 2.75) is 58.4 Å². The molecule has 1 fully saturated rings. The smallest absolute Gasteiger partial charge is 0.334 e. The molecule has 98 valence electrons. The summed E-state index contributed by atoms with van der Waals surface area (Å²) in [5, 5.41) is 0.203. The number of hydrogen-bond acceptors (Lipinski definition) is 3. The summed E-state index contributed by atoms with van der Waals surface area (Å²) in [6.07, 6.45) is 2.60.